The van der Waals surface area contributed by atoms with E-state index in [9.17, 15) is 9.59 Å². The molecule has 0 aromatic heterocycles. The van der Waals surface area contributed by atoms with Crippen molar-refractivity contribution < 1.29 is 14.3 Å². The fraction of sp³-hybridized carbons (Fsp3) is 0.167. The maximum Gasteiger partial charge on any atom is 0.255 e. The van der Waals surface area contributed by atoms with E-state index in [1.54, 1.807) is 55.3 Å². The lowest BCUT2D eigenvalue weighted by atomic mass is 10.2. The highest BCUT2D eigenvalue weighted by atomic mass is 32.2. The summed E-state index contributed by atoms with van der Waals surface area (Å²) in [5.74, 6) is 1.000. The SMILES string of the molecule is COc1ccccc1NC(=O)c1ccc(NC(=O)CCSc2ccc(C)cc2)cc1. The minimum Gasteiger partial charge on any atom is -0.495 e. The quantitative estimate of drug-likeness (QED) is 0.480. The first-order chi connectivity index (χ1) is 14.5. The van der Waals surface area contributed by atoms with E-state index in [2.05, 4.69) is 41.8 Å². The summed E-state index contributed by atoms with van der Waals surface area (Å²) in [6, 6.07) is 22.3. The van der Waals surface area contributed by atoms with Gasteiger partial charge in [-0.25, -0.2) is 0 Å². The van der Waals surface area contributed by atoms with Crippen LogP contribution in [0.3, 0.4) is 0 Å². The number of hydrogen-bond donors (Lipinski definition) is 2. The van der Waals surface area contributed by atoms with Crippen LogP contribution >= 0.6 is 11.8 Å². The van der Waals surface area contributed by atoms with Crippen LogP contribution in [-0.2, 0) is 4.79 Å². The van der Waals surface area contributed by atoms with E-state index < -0.39 is 0 Å². The lowest BCUT2D eigenvalue weighted by molar-refractivity contribution is -0.115. The van der Waals surface area contributed by atoms with Crippen LogP contribution in [0.25, 0.3) is 0 Å². The summed E-state index contributed by atoms with van der Waals surface area (Å²) >= 11 is 1.65. The van der Waals surface area contributed by atoms with Crippen molar-refractivity contribution in [2.75, 3.05) is 23.5 Å². The molecule has 0 fully saturated rings. The van der Waals surface area contributed by atoms with Crippen molar-refractivity contribution in [3.05, 3.63) is 83.9 Å². The number of ether oxygens (including phenoxy) is 1. The van der Waals surface area contributed by atoms with Gasteiger partial charge in [-0.2, -0.15) is 0 Å². The van der Waals surface area contributed by atoms with Crippen LogP contribution in [-0.4, -0.2) is 24.7 Å². The minimum atomic E-state index is -0.244. The molecule has 0 spiro atoms. The molecular weight excluding hydrogens is 396 g/mol. The van der Waals surface area contributed by atoms with E-state index in [0.29, 0.717) is 34.9 Å². The predicted octanol–water partition coefficient (Wildman–Crippen LogP) is 5.38. The number of aryl methyl sites for hydroxylation is 1. The first-order valence-electron chi connectivity index (χ1n) is 9.59. The second kappa shape index (κ2) is 10.5. The molecule has 2 N–H and O–H groups in total. The third-order valence-corrected chi connectivity index (χ3v) is 5.42. The first kappa shape index (κ1) is 21.5. The number of carbonyl (C=O) groups excluding carboxylic acids is 2. The number of rotatable bonds is 8. The molecule has 0 aliphatic carbocycles. The van der Waals surface area contributed by atoms with Crippen molar-refractivity contribution in [1.82, 2.24) is 0 Å². The highest BCUT2D eigenvalue weighted by Crippen LogP contribution is 2.24. The van der Waals surface area contributed by atoms with E-state index in [1.165, 1.54) is 5.56 Å². The van der Waals surface area contributed by atoms with Gasteiger partial charge in [0, 0.05) is 28.3 Å². The van der Waals surface area contributed by atoms with Gasteiger partial charge in [-0.15, -0.1) is 11.8 Å². The molecule has 0 aliphatic rings. The number of anilines is 2. The number of thioether (sulfide) groups is 1. The Bertz CT molecular complexity index is 1000. The third kappa shape index (κ3) is 6.12. The number of carbonyl (C=O) groups is 2. The molecule has 0 aliphatic heterocycles. The number of para-hydroxylation sites is 2. The predicted molar refractivity (Wildman–Crippen MR) is 123 cm³/mol. The average Bonchev–Trinajstić information content (AvgIpc) is 2.76. The van der Waals surface area contributed by atoms with Crippen LogP contribution < -0.4 is 15.4 Å². The molecule has 0 saturated heterocycles. The molecule has 154 valence electrons. The Labute approximate surface area is 180 Å². The van der Waals surface area contributed by atoms with Crippen LogP contribution in [0.1, 0.15) is 22.3 Å². The number of benzene rings is 3. The van der Waals surface area contributed by atoms with Crippen molar-refractivity contribution in [2.45, 2.75) is 18.2 Å². The summed E-state index contributed by atoms with van der Waals surface area (Å²) in [4.78, 5) is 25.8. The molecule has 3 aromatic carbocycles. The number of nitrogens with one attached hydrogen (secondary N) is 2. The first-order valence-corrected chi connectivity index (χ1v) is 10.6. The Balaban J connectivity index is 1.49. The maximum absolute atomic E-state index is 12.5. The number of hydrogen-bond acceptors (Lipinski definition) is 4. The summed E-state index contributed by atoms with van der Waals surface area (Å²) in [5.41, 5.74) is 2.98. The third-order valence-electron chi connectivity index (χ3n) is 4.40. The van der Waals surface area contributed by atoms with Gasteiger partial charge in [-0.05, 0) is 55.5 Å². The second-order valence-electron chi connectivity index (χ2n) is 6.69. The molecule has 0 radical (unpaired) electrons. The minimum absolute atomic E-state index is 0.0548. The Morgan fingerprint density at radius 1 is 0.900 bits per heavy atom. The van der Waals surface area contributed by atoms with Gasteiger partial charge in [0.25, 0.3) is 5.91 Å². The molecule has 2 amide bonds. The molecule has 6 heteroatoms. The lowest BCUT2D eigenvalue weighted by Crippen LogP contribution is -2.14. The van der Waals surface area contributed by atoms with Gasteiger partial charge in [0.05, 0.1) is 12.8 Å². The van der Waals surface area contributed by atoms with Gasteiger partial charge in [0.15, 0.2) is 0 Å². The molecule has 30 heavy (non-hydrogen) atoms. The molecule has 0 unspecified atom stereocenters. The molecule has 0 heterocycles. The molecule has 0 bridgehead atoms. The zero-order valence-electron chi connectivity index (χ0n) is 17.0. The zero-order chi connectivity index (χ0) is 21.3. The fourth-order valence-electron chi connectivity index (χ4n) is 2.77. The van der Waals surface area contributed by atoms with Gasteiger partial charge < -0.3 is 15.4 Å². The van der Waals surface area contributed by atoms with Crippen LogP contribution in [0.15, 0.2) is 77.7 Å². The van der Waals surface area contributed by atoms with Crippen molar-refractivity contribution in [2.24, 2.45) is 0 Å². The van der Waals surface area contributed by atoms with Crippen molar-refractivity contribution in [3.63, 3.8) is 0 Å². The van der Waals surface area contributed by atoms with Gasteiger partial charge in [0.2, 0.25) is 5.91 Å². The molecule has 0 atom stereocenters. The van der Waals surface area contributed by atoms with Crippen molar-refractivity contribution >= 4 is 35.0 Å². The lowest BCUT2D eigenvalue weighted by Gasteiger charge is -2.10. The molecule has 0 saturated carbocycles. The Hall–Kier alpha value is -3.25. The zero-order valence-corrected chi connectivity index (χ0v) is 17.8. The summed E-state index contributed by atoms with van der Waals surface area (Å²) in [7, 11) is 1.56. The highest BCUT2D eigenvalue weighted by molar-refractivity contribution is 7.99. The van der Waals surface area contributed by atoms with Crippen LogP contribution in [0.2, 0.25) is 0 Å². The van der Waals surface area contributed by atoms with Crippen molar-refractivity contribution in [1.29, 1.82) is 0 Å². The van der Waals surface area contributed by atoms with Crippen LogP contribution in [0, 0.1) is 6.92 Å². The largest absolute Gasteiger partial charge is 0.495 e. The van der Waals surface area contributed by atoms with E-state index in [4.69, 9.17) is 4.74 Å². The fourth-order valence-corrected chi connectivity index (χ4v) is 3.62. The van der Waals surface area contributed by atoms with E-state index in [0.717, 1.165) is 4.90 Å². The Morgan fingerprint density at radius 3 is 2.30 bits per heavy atom. The summed E-state index contributed by atoms with van der Waals surface area (Å²) in [5, 5.41) is 5.70. The second-order valence-corrected chi connectivity index (χ2v) is 7.86. The van der Waals surface area contributed by atoms with Gasteiger partial charge in [-0.3, -0.25) is 9.59 Å². The van der Waals surface area contributed by atoms with Gasteiger partial charge in [-0.1, -0.05) is 29.8 Å². The maximum atomic E-state index is 12.5. The molecular formula is C24H24N2O3S. The molecule has 5 nitrogen and oxygen atoms in total. The monoisotopic (exact) mass is 420 g/mol. The summed E-state index contributed by atoms with van der Waals surface area (Å²) in [6.45, 7) is 2.05. The van der Waals surface area contributed by atoms with Crippen LogP contribution in [0.4, 0.5) is 11.4 Å². The topological polar surface area (TPSA) is 67.4 Å². The average molecular weight is 421 g/mol. The number of methoxy groups -OCH3 is 1. The summed E-state index contributed by atoms with van der Waals surface area (Å²) < 4.78 is 5.25. The smallest absolute Gasteiger partial charge is 0.255 e. The van der Waals surface area contributed by atoms with E-state index >= 15 is 0 Å². The number of amides is 2. The highest BCUT2D eigenvalue weighted by Gasteiger charge is 2.10. The standard InChI is InChI=1S/C24H24N2O3S/c1-17-7-13-20(14-8-17)30-16-15-23(27)25-19-11-9-18(10-12-19)24(28)26-21-5-3-4-6-22(21)29-2/h3-14H,15-16H2,1-2H3,(H,25,27)(H,26,28). The van der Waals surface area contributed by atoms with Gasteiger partial charge >= 0.3 is 0 Å². The van der Waals surface area contributed by atoms with Crippen molar-refractivity contribution in [3.8, 4) is 5.75 Å². The van der Waals surface area contributed by atoms with E-state index in [1.807, 2.05) is 12.1 Å². The molecule has 3 rings (SSSR count). The Morgan fingerprint density at radius 2 is 1.60 bits per heavy atom. The Kier molecular flexibility index (Phi) is 7.51. The molecule has 3 aromatic rings. The normalized spacial score (nSPS) is 10.3. The van der Waals surface area contributed by atoms with Gasteiger partial charge in [0.1, 0.15) is 5.75 Å². The summed E-state index contributed by atoms with van der Waals surface area (Å²) in [6.07, 6.45) is 0.411. The van der Waals surface area contributed by atoms with E-state index in [-0.39, 0.29) is 11.8 Å². The van der Waals surface area contributed by atoms with Crippen LogP contribution in [0.5, 0.6) is 5.75 Å².